The van der Waals surface area contributed by atoms with Gasteiger partial charge >= 0.3 is 0 Å². The standard InChI is InChI=1S/C19H17Br/c1-14-5-4-6-15(11-14)12-19(20)18-10-9-16-7-2-3-8-17(16)13-18/h2-11,13,19H,12H2,1H3. The summed E-state index contributed by atoms with van der Waals surface area (Å²) in [6.07, 6.45) is 1.01. The van der Waals surface area contributed by atoms with Crippen LogP contribution in [0.2, 0.25) is 0 Å². The van der Waals surface area contributed by atoms with Crippen molar-refractivity contribution < 1.29 is 0 Å². The molecular weight excluding hydrogens is 308 g/mol. The van der Waals surface area contributed by atoms with E-state index >= 15 is 0 Å². The molecule has 0 aliphatic heterocycles. The number of hydrogen-bond donors (Lipinski definition) is 0. The first-order valence-electron chi connectivity index (χ1n) is 6.91. The van der Waals surface area contributed by atoms with Crippen LogP contribution >= 0.6 is 15.9 Å². The predicted octanol–water partition coefficient (Wildman–Crippen LogP) is 5.83. The number of aryl methyl sites for hydroxylation is 1. The molecule has 20 heavy (non-hydrogen) atoms. The van der Waals surface area contributed by atoms with Crippen molar-refractivity contribution in [2.45, 2.75) is 18.2 Å². The van der Waals surface area contributed by atoms with Gasteiger partial charge in [-0.1, -0.05) is 88.2 Å². The zero-order valence-electron chi connectivity index (χ0n) is 11.5. The lowest BCUT2D eigenvalue weighted by Gasteiger charge is -2.12. The van der Waals surface area contributed by atoms with Crippen LogP contribution in [0.4, 0.5) is 0 Å². The van der Waals surface area contributed by atoms with Crippen molar-refractivity contribution in [3.63, 3.8) is 0 Å². The first-order valence-corrected chi connectivity index (χ1v) is 7.82. The van der Waals surface area contributed by atoms with Crippen molar-refractivity contribution >= 4 is 26.7 Å². The number of benzene rings is 3. The van der Waals surface area contributed by atoms with Crippen LogP contribution in [0.25, 0.3) is 10.8 Å². The zero-order chi connectivity index (χ0) is 13.9. The Labute approximate surface area is 128 Å². The average molecular weight is 325 g/mol. The SMILES string of the molecule is Cc1cccc(CC(Br)c2ccc3ccccc3c2)c1. The molecule has 0 heterocycles. The Hall–Kier alpha value is -1.60. The lowest BCUT2D eigenvalue weighted by molar-refractivity contribution is 0.949. The van der Waals surface area contributed by atoms with Crippen LogP contribution < -0.4 is 0 Å². The molecule has 0 amide bonds. The maximum Gasteiger partial charge on any atom is 0.0435 e. The summed E-state index contributed by atoms with van der Waals surface area (Å²) in [7, 11) is 0. The number of hydrogen-bond acceptors (Lipinski definition) is 0. The molecule has 0 nitrogen and oxygen atoms in total. The van der Waals surface area contributed by atoms with E-state index in [4.69, 9.17) is 0 Å². The highest BCUT2D eigenvalue weighted by atomic mass is 79.9. The number of rotatable bonds is 3. The maximum atomic E-state index is 3.83. The van der Waals surface area contributed by atoms with E-state index < -0.39 is 0 Å². The van der Waals surface area contributed by atoms with E-state index in [9.17, 15) is 0 Å². The molecule has 0 saturated carbocycles. The Morgan fingerprint density at radius 3 is 2.45 bits per heavy atom. The van der Waals surface area contributed by atoms with Crippen molar-refractivity contribution in [1.29, 1.82) is 0 Å². The van der Waals surface area contributed by atoms with Crippen molar-refractivity contribution in [3.05, 3.63) is 83.4 Å². The minimum absolute atomic E-state index is 0.355. The lowest BCUT2D eigenvalue weighted by atomic mass is 10.0. The van der Waals surface area contributed by atoms with Gasteiger partial charge < -0.3 is 0 Å². The largest absolute Gasteiger partial charge is 0.0835 e. The van der Waals surface area contributed by atoms with Gasteiger partial charge in [0.1, 0.15) is 0 Å². The maximum absolute atomic E-state index is 3.83. The summed E-state index contributed by atoms with van der Waals surface area (Å²) >= 11 is 3.83. The summed E-state index contributed by atoms with van der Waals surface area (Å²) in [6, 6.07) is 23.9. The Kier molecular flexibility index (Phi) is 3.88. The van der Waals surface area contributed by atoms with Crippen LogP contribution in [0.5, 0.6) is 0 Å². The molecule has 0 bridgehead atoms. The van der Waals surface area contributed by atoms with Crippen molar-refractivity contribution in [2.75, 3.05) is 0 Å². The van der Waals surface area contributed by atoms with Crippen molar-refractivity contribution in [1.82, 2.24) is 0 Å². The van der Waals surface area contributed by atoms with Crippen LogP contribution in [-0.2, 0) is 6.42 Å². The van der Waals surface area contributed by atoms with E-state index in [1.807, 2.05) is 0 Å². The highest BCUT2D eigenvalue weighted by Gasteiger charge is 2.09. The van der Waals surface area contributed by atoms with Gasteiger partial charge in [-0.2, -0.15) is 0 Å². The molecule has 0 radical (unpaired) electrons. The molecule has 0 aliphatic rings. The monoisotopic (exact) mass is 324 g/mol. The summed E-state index contributed by atoms with van der Waals surface area (Å²) in [5, 5.41) is 2.60. The second-order valence-corrected chi connectivity index (χ2v) is 6.37. The molecule has 0 N–H and O–H groups in total. The van der Waals surface area contributed by atoms with E-state index in [2.05, 4.69) is 89.6 Å². The molecule has 1 heteroatoms. The van der Waals surface area contributed by atoms with Gasteiger partial charge in [0.15, 0.2) is 0 Å². The van der Waals surface area contributed by atoms with E-state index in [1.165, 1.54) is 27.5 Å². The minimum atomic E-state index is 0.355. The van der Waals surface area contributed by atoms with Gasteiger partial charge in [-0.05, 0) is 35.2 Å². The van der Waals surface area contributed by atoms with Crippen LogP contribution in [0.15, 0.2) is 66.7 Å². The fourth-order valence-electron chi connectivity index (χ4n) is 2.57. The normalized spacial score (nSPS) is 12.5. The quantitative estimate of drug-likeness (QED) is 0.532. The zero-order valence-corrected chi connectivity index (χ0v) is 13.1. The summed E-state index contributed by atoms with van der Waals surface area (Å²) < 4.78 is 0. The molecule has 3 aromatic carbocycles. The second-order valence-electron chi connectivity index (χ2n) is 5.27. The molecule has 0 aromatic heterocycles. The molecule has 0 aliphatic carbocycles. The van der Waals surface area contributed by atoms with Crippen molar-refractivity contribution in [3.8, 4) is 0 Å². The topological polar surface area (TPSA) is 0 Å². The summed E-state index contributed by atoms with van der Waals surface area (Å²) in [6.45, 7) is 2.14. The Bertz CT molecular complexity index is 730. The number of alkyl halides is 1. The summed E-state index contributed by atoms with van der Waals surface area (Å²) in [5.41, 5.74) is 4.03. The third kappa shape index (κ3) is 2.94. The fraction of sp³-hybridized carbons (Fsp3) is 0.158. The van der Waals surface area contributed by atoms with Crippen LogP contribution in [-0.4, -0.2) is 0 Å². The third-order valence-electron chi connectivity index (χ3n) is 3.63. The highest BCUT2D eigenvalue weighted by Crippen LogP contribution is 2.29. The number of fused-ring (bicyclic) bond motifs is 1. The average Bonchev–Trinajstić information content (AvgIpc) is 2.47. The fourth-order valence-corrected chi connectivity index (χ4v) is 3.23. The second kappa shape index (κ2) is 5.80. The van der Waals surface area contributed by atoms with E-state index in [-0.39, 0.29) is 0 Å². The predicted molar refractivity (Wildman–Crippen MR) is 90.5 cm³/mol. The molecule has 0 saturated heterocycles. The first kappa shape index (κ1) is 13.4. The Morgan fingerprint density at radius 1 is 0.850 bits per heavy atom. The van der Waals surface area contributed by atoms with Crippen LogP contribution in [0.3, 0.4) is 0 Å². The lowest BCUT2D eigenvalue weighted by Crippen LogP contribution is -1.95. The van der Waals surface area contributed by atoms with Crippen LogP contribution in [0.1, 0.15) is 21.5 Å². The molecule has 3 rings (SSSR count). The Morgan fingerprint density at radius 2 is 1.65 bits per heavy atom. The molecular formula is C19H17Br. The third-order valence-corrected chi connectivity index (χ3v) is 4.49. The van der Waals surface area contributed by atoms with Gasteiger partial charge in [-0.15, -0.1) is 0 Å². The molecule has 0 fully saturated rings. The van der Waals surface area contributed by atoms with Gasteiger partial charge in [-0.25, -0.2) is 0 Å². The van der Waals surface area contributed by atoms with Gasteiger partial charge in [0.05, 0.1) is 0 Å². The first-order chi connectivity index (χ1) is 9.72. The summed E-state index contributed by atoms with van der Waals surface area (Å²) in [5.74, 6) is 0. The van der Waals surface area contributed by atoms with Gasteiger partial charge in [0, 0.05) is 4.83 Å². The van der Waals surface area contributed by atoms with Gasteiger partial charge in [0.2, 0.25) is 0 Å². The van der Waals surface area contributed by atoms with Crippen molar-refractivity contribution in [2.24, 2.45) is 0 Å². The van der Waals surface area contributed by atoms with E-state index in [0.717, 1.165) is 6.42 Å². The highest BCUT2D eigenvalue weighted by molar-refractivity contribution is 9.09. The molecule has 1 atom stereocenters. The van der Waals surface area contributed by atoms with E-state index in [0.29, 0.717) is 4.83 Å². The molecule has 1 unspecified atom stereocenters. The number of halogens is 1. The summed E-state index contributed by atoms with van der Waals surface area (Å²) in [4.78, 5) is 0.355. The van der Waals surface area contributed by atoms with Gasteiger partial charge in [-0.3, -0.25) is 0 Å². The molecule has 3 aromatic rings. The van der Waals surface area contributed by atoms with Crippen LogP contribution in [0, 0.1) is 6.92 Å². The van der Waals surface area contributed by atoms with E-state index in [1.54, 1.807) is 0 Å². The minimum Gasteiger partial charge on any atom is -0.0835 e. The smallest absolute Gasteiger partial charge is 0.0435 e. The molecule has 100 valence electrons. The van der Waals surface area contributed by atoms with Gasteiger partial charge in [0.25, 0.3) is 0 Å². The Balaban J connectivity index is 1.86. The molecule has 0 spiro atoms.